The summed E-state index contributed by atoms with van der Waals surface area (Å²) >= 11 is 0. The van der Waals surface area contributed by atoms with Gasteiger partial charge in [-0.05, 0) is 54.9 Å². The summed E-state index contributed by atoms with van der Waals surface area (Å²) in [4.78, 5) is 0. The van der Waals surface area contributed by atoms with E-state index in [4.69, 9.17) is 10.00 Å². The van der Waals surface area contributed by atoms with Crippen LogP contribution < -0.4 is 4.31 Å². The van der Waals surface area contributed by atoms with Gasteiger partial charge in [-0.25, -0.2) is 0 Å². The van der Waals surface area contributed by atoms with E-state index in [0.29, 0.717) is 12.5 Å². The van der Waals surface area contributed by atoms with Gasteiger partial charge < -0.3 is 4.74 Å². The fourth-order valence-corrected chi connectivity index (χ4v) is 8.99. The SMILES string of the molecule is N#Cc1ccc(N2C[C@H]3[C@H]4CC[C@H](C4)[C@@]3(COCc3ccccc3)S2(O)O)cc1C(F)(F)F. The highest BCUT2D eigenvalue weighted by Crippen LogP contribution is 2.76. The minimum absolute atomic E-state index is 0.0544. The summed E-state index contributed by atoms with van der Waals surface area (Å²) in [5.74, 6) is 0.285. The molecule has 4 atom stereocenters. The summed E-state index contributed by atoms with van der Waals surface area (Å²) in [6.45, 7) is 0.744. The summed E-state index contributed by atoms with van der Waals surface area (Å²) < 4.78 is 70.4. The second kappa shape index (κ2) is 7.91. The topological polar surface area (TPSA) is 76.7 Å². The van der Waals surface area contributed by atoms with Crippen molar-refractivity contribution >= 4 is 16.5 Å². The van der Waals surface area contributed by atoms with Crippen LogP contribution in [-0.2, 0) is 17.5 Å². The lowest BCUT2D eigenvalue weighted by atomic mass is 9.79. The molecule has 5 nitrogen and oxygen atoms in total. The zero-order valence-electron chi connectivity index (χ0n) is 17.8. The number of nitrogens with zero attached hydrogens (tertiary/aromatic N) is 2. The summed E-state index contributed by atoms with van der Waals surface area (Å²) in [6, 6.07) is 14.5. The molecule has 1 heterocycles. The smallest absolute Gasteiger partial charge is 0.374 e. The maximum absolute atomic E-state index is 13.6. The van der Waals surface area contributed by atoms with Crippen molar-refractivity contribution in [2.75, 3.05) is 17.5 Å². The first kappa shape index (κ1) is 22.5. The number of benzene rings is 2. The van der Waals surface area contributed by atoms with Gasteiger partial charge in [0.05, 0.1) is 36.1 Å². The van der Waals surface area contributed by atoms with E-state index in [1.54, 1.807) is 6.07 Å². The van der Waals surface area contributed by atoms with Crippen molar-refractivity contribution in [3.05, 3.63) is 65.2 Å². The molecular formula is C24H25F3N2O3S. The first-order chi connectivity index (χ1) is 15.7. The lowest BCUT2D eigenvalue weighted by Gasteiger charge is -2.52. The van der Waals surface area contributed by atoms with Crippen LogP contribution in [0.3, 0.4) is 0 Å². The Morgan fingerprint density at radius 3 is 2.61 bits per heavy atom. The molecule has 5 rings (SSSR count). The molecular weight excluding hydrogens is 453 g/mol. The number of anilines is 1. The Kier molecular flexibility index (Phi) is 5.40. The molecule has 3 aliphatic rings. The number of rotatable bonds is 5. The van der Waals surface area contributed by atoms with E-state index < -0.39 is 32.8 Å². The highest BCUT2D eigenvalue weighted by Gasteiger charge is 2.70. The quantitative estimate of drug-likeness (QED) is 0.546. The lowest BCUT2D eigenvalue weighted by molar-refractivity contribution is -0.137. The fraction of sp³-hybridized carbons (Fsp3) is 0.458. The predicted octanol–water partition coefficient (Wildman–Crippen LogP) is 6.06. The van der Waals surface area contributed by atoms with Gasteiger partial charge in [0.2, 0.25) is 0 Å². The molecule has 0 spiro atoms. The molecule has 1 saturated heterocycles. The van der Waals surface area contributed by atoms with Gasteiger partial charge in [0.1, 0.15) is 4.75 Å². The van der Waals surface area contributed by atoms with E-state index in [2.05, 4.69) is 0 Å². The van der Waals surface area contributed by atoms with Gasteiger partial charge >= 0.3 is 6.18 Å². The Morgan fingerprint density at radius 2 is 1.91 bits per heavy atom. The third kappa shape index (κ3) is 3.43. The summed E-state index contributed by atoms with van der Waals surface area (Å²) in [5.41, 5.74) is -0.491. The Bertz CT molecular complexity index is 1090. The first-order valence-corrected chi connectivity index (χ1v) is 12.5. The molecule has 1 aliphatic heterocycles. The maximum Gasteiger partial charge on any atom is 0.417 e. The normalized spacial score (nSPS) is 30.8. The Labute approximate surface area is 192 Å². The number of alkyl halides is 3. The largest absolute Gasteiger partial charge is 0.417 e. The van der Waals surface area contributed by atoms with Crippen molar-refractivity contribution in [1.29, 1.82) is 5.26 Å². The zero-order chi connectivity index (χ0) is 23.4. The average Bonchev–Trinajstić information content (AvgIpc) is 3.44. The molecule has 0 aromatic heterocycles. The van der Waals surface area contributed by atoms with Crippen LogP contribution in [0.4, 0.5) is 18.9 Å². The highest BCUT2D eigenvalue weighted by molar-refractivity contribution is 8.26. The summed E-state index contributed by atoms with van der Waals surface area (Å²) in [6.07, 6.45) is -1.97. The van der Waals surface area contributed by atoms with Crippen molar-refractivity contribution in [3.8, 4) is 6.07 Å². The molecule has 9 heteroatoms. The van der Waals surface area contributed by atoms with E-state index in [-0.39, 0.29) is 30.7 Å². The van der Waals surface area contributed by atoms with Gasteiger partial charge in [0.25, 0.3) is 0 Å². The van der Waals surface area contributed by atoms with Gasteiger partial charge in [0, 0.05) is 12.5 Å². The third-order valence-electron chi connectivity index (χ3n) is 7.70. The van der Waals surface area contributed by atoms with E-state index >= 15 is 0 Å². The van der Waals surface area contributed by atoms with Gasteiger partial charge in [0.15, 0.2) is 0 Å². The van der Waals surface area contributed by atoms with Crippen molar-refractivity contribution in [2.45, 2.75) is 36.8 Å². The molecule has 2 aromatic carbocycles. The van der Waals surface area contributed by atoms with Gasteiger partial charge in [-0.15, -0.1) is 10.8 Å². The molecule has 2 bridgehead atoms. The molecule has 2 aliphatic carbocycles. The van der Waals surface area contributed by atoms with Crippen LogP contribution in [0.25, 0.3) is 0 Å². The average molecular weight is 479 g/mol. The fourth-order valence-electron chi connectivity index (χ4n) is 6.22. The molecule has 3 fully saturated rings. The van der Waals surface area contributed by atoms with Gasteiger partial charge in [-0.2, -0.15) is 18.4 Å². The van der Waals surface area contributed by atoms with Crippen LogP contribution in [0.2, 0.25) is 0 Å². The molecule has 176 valence electrons. The van der Waals surface area contributed by atoms with Crippen molar-refractivity contribution in [2.24, 2.45) is 17.8 Å². The Balaban J connectivity index is 1.48. The number of hydrogen-bond donors (Lipinski definition) is 2. The highest BCUT2D eigenvalue weighted by atomic mass is 32.3. The van der Waals surface area contributed by atoms with Crippen LogP contribution in [0.1, 0.15) is 36.0 Å². The Hall–Kier alpha value is -2.25. The molecule has 2 N–H and O–H groups in total. The molecule has 33 heavy (non-hydrogen) atoms. The summed E-state index contributed by atoms with van der Waals surface area (Å²) in [7, 11) is -3.49. The van der Waals surface area contributed by atoms with Crippen LogP contribution in [0.5, 0.6) is 0 Å². The van der Waals surface area contributed by atoms with E-state index in [1.165, 1.54) is 10.4 Å². The van der Waals surface area contributed by atoms with Crippen LogP contribution >= 0.6 is 10.8 Å². The van der Waals surface area contributed by atoms with Crippen LogP contribution in [0.15, 0.2) is 48.5 Å². The second-order valence-corrected chi connectivity index (χ2v) is 11.5. The number of halogens is 3. The Morgan fingerprint density at radius 1 is 1.15 bits per heavy atom. The number of ether oxygens (including phenoxy) is 1. The minimum atomic E-state index is -4.71. The van der Waals surface area contributed by atoms with Gasteiger partial charge in [-0.1, -0.05) is 30.3 Å². The monoisotopic (exact) mass is 478 g/mol. The van der Waals surface area contributed by atoms with Crippen LogP contribution in [0, 0.1) is 29.1 Å². The number of fused-ring (bicyclic) bond motifs is 5. The van der Waals surface area contributed by atoms with E-state index in [0.717, 1.165) is 37.0 Å². The standard InChI is InChI=1S/C24H25F3N2O3S/c25-24(26,27)21-11-20(9-7-18(21)12-28)29-13-22-17-6-8-19(10-17)23(22,33(29,30)31)15-32-14-16-4-2-1-3-5-16/h1-5,7,9,11,17,19,22,30-31H,6,8,10,13-15H2/t17-,19+,22-,23+/m0/s1. The zero-order valence-corrected chi connectivity index (χ0v) is 18.6. The molecule has 2 aromatic rings. The van der Waals surface area contributed by atoms with E-state index in [1.807, 2.05) is 30.3 Å². The van der Waals surface area contributed by atoms with Crippen molar-refractivity contribution in [1.82, 2.24) is 0 Å². The molecule has 2 saturated carbocycles. The molecule has 0 unspecified atom stereocenters. The molecule has 0 amide bonds. The van der Waals surface area contributed by atoms with Crippen LogP contribution in [-0.4, -0.2) is 27.0 Å². The number of hydrogen-bond acceptors (Lipinski definition) is 5. The summed E-state index contributed by atoms with van der Waals surface area (Å²) in [5, 5.41) is 9.11. The van der Waals surface area contributed by atoms with Crippen molar-refractivity contribution in [3.63, 3.8) is 0 Å². The maximum atomic E-state index is 13.6. The van der Waals surface area contributed by atoms with E-state index in [9.17, 15) is 22.3 Å². The van der Waals surface area contributed by atoms with Gasteiger partial charge in [-0.3, -0.25) is 13.4 Å². The minimum Gasteiger partial charge on any atom is -0.374 e. The second-order valence-electron chi connectivity index (χ2n) is 9.23. The molecule has 0 radical (unpaired) electrons. The third-order valence-corrected chi connectivity index (χ3v) is 10.4. The number of nitriles is 1. The first-order valence-electron chi connectivity index (χ1n) is 11.0. The predicted molar refractivity (Wildman–Crippen MR) is 120 cm³/mol. The van der Waals surface area contributed by atoms with Crippen molar-refractivity contribution < 1.29 is 27.0 Å². The lowest BCUT2D eigenvalue weighted by Crippen LogP contribution is -2.48.